The number of aryl methyl sites for hydroxylation is 1. The first-order valence-corrected chi connectivity index (χ1v) is 4.92. The zero-order valence-corrected chi connectivity index (χ0v) is 8.82. The van der Waals surface area contributed by atoms with Crippen LogP contribution < -0.4 is 5.32 Å². The van der Waals surface area contributed by atoms with Gasteiger partial charge < -0.3 is 9.73 Å². The number of nitrogens with zero attached hydrogens (tertiary/aromatic N) is 2. The van der Waals surface area contributed by atoms with Crippen LogP contribution in [0.5, 0.6) is 0 Å². The highest BCUT2D eigenvalue weighted by atomic mass is 16.3. The summed E-state index contributed by atoms with van der Waals surface area (Å²) in [6.07, 6.45) is 3.39. The Balaban J connectivity index is 2.37. The molecule has 0 unspecified atom stereocenters. The van der Waals surface area contributed by atoms with Crippen molar-refractivity contribution in [1.82, 2.24) is 9.97 Å². The minimum absolute atomic E-state index is 0.694. The van der Waals surface area contributed by atoms with Gasteiger partial charge in [-0.2, -0.15) is 0 Å². The quantitative estimate of drug-likeness (QED) is 0.832. The first kappa shape index (κ1) is 9.71. The van der Waals surface area contributed by atoms with Gasteiger partial charge in [-0.3, -0.25) is 0 Å². The first-order valence-electron chi connectivity index (χ1n) is 4.92. The van der Waals surface area contributed by atoms with Gasteiger partial charge in [-0.15, -0.1) is 0 Å². The number of hydrogen-bond donors (Lipinski definition) is 1. The lowest BCUT2D eigenvalue weighted by Gasteiger charge is -2.03. The highest BCUT2D eigenvalue weighted by Crippen LogP contribution is 2.21. The number of anilines is 1. The SMILES string of the molecule is CCNc1ccnc(-c2ccoc2C)n1. The Kier molecular flexibility index (Phi) is 2.67. The molecule has 2 heterocycles. The summed E-state index contributed by atoms with van der Waals surface area (Å²) in [5.74, 6) is 2.37. The maximum atomic E-state index is 5.22. The lowest BCUT2D eigenvalue weighted by molar-refractivity contribution is 0.535. The highest BCUT2D eigenvalue weighted by Gasteiger charge is 2.07. The van der Waals surface area contributed by atoms with Crippen molar-refractivity contribution < 1.29 is 4.42 Å². The second kappa shape index (κ2) is 4.13. The summed E-state index contributed by atoms with van der Waals surface area (Å²) in [5, 5.41) is 3.15. The molecule has 0 radical (unpaired) electrons. The van der Waals surface area contributed by atoms with E-state index in [1.165, 1.54) is 0 Å². The Hall–Kier alpha value is -1.84. The molecule has 0 spiro atoms. The van der Waals surface area contributed by atoms with Gasteiger partial charge in [0.15, 0.2) is 5.82 Å². The van der Waals surface area contributed by atoms with Crippen molar-refractivity contribution in [3.05, 3.63) is 30.4 Å². The van der Waals surface area contributed by atoms with Gasteiger partial charge in [0.25, 0.3) is 0 Å². The molecule has 1 N–H and O–H groups in total. The molecule has 0 aliphatic rings. The normalized spacial score (nSPS) is 10.3. The predicted molar refractivity (Wildman–Crippen MR) is 58.6 cm³/mol. The fraction of sp³-hybridized carbons (Fsp3) is 0.273. The van der Waals surface area contributed by atoms with Gasteiger partial charge in [0.05, 0.1) is 11.8 Å². The van der Waals surface area contributed by atoms with E-state index in [1.807, 2.05) is 26.0 Å². The van der Waals surface area contributed by atoms with Gasteiger partial charge in [0.2, 0.25) is 0 Å². The number of rotatable bonds is 3. The Morgan fingerprint density at radius 3 is 2.93 bits per heavy atom. The minimum Gasteiger partial charge on any atom is -0.469 e. The van der Waals surface area contributed by atoms with Gasteiger partial charge >= 0.3 is 0 Å². The second-order valence-electron chi connectivity index (χ2n) is 3.19. The summed E-state index contributed by atoms with van der Waals surface area (Å²) in [4.78, 5) is 8.60. The molecule has 4 nitrogen and oxygen atoms in total. The van der Waals surface area contributed by atoms with E-state index < -0.39 is 0 Å². The summed E-state index contributed by atoms with van der Waals surface area (Å²) in [7, 11) is 0. The standard InChI is InChI=1S/C11H13N3O/c1-3-12-10-4-6-13-11(14-10)9-5-7-15-8(9)2/h4-7H,3H2,1-2H3,(H,12,13,14). The van der Waals surface area contributed by atoms with E-state index in [0.29, 0.717) is 5.82 Å². The molecule has 2 aromatic rings. The molecule has 0 aliphatic carbocycles. The molecule has 0 fully saturated rings. The first-order chi connectivity index (χ1) is 7.31. The predicted octanol–water partition coefficient (Wildman–Crippen LogP) is 2.48. The van der Waals surface area contributed by atoms with Crippen LogP contribution in [-0.2, 0) is 0 Å². The van der Waals surface area contributed by atoms with E-state index in [4.69, 9.17) is 4.42 Å². The van der Waals surface area contributed by atoms with Crippen LogP contribution in [0.2, 0.25) is 0 Å². The number of hydrogen-bond acceptors (Lipinski definition) is 4. The van der Waals surface area contributed by atoms with Gasteiger partial charge in [0, 0.05) is 12.7 Å². The second-order valence-corrected chi connectivity index (χ2v) is 3.19. The molecular formula is C11H13N3O. The third kappa shape index (κ3) is 1.98. The maximum absolute atomic E-state index is 5.22. The Bertz CT molecular complexity index is 451. The molecule has 0 amide bonds. The molecular weight excluding hydrogens is 190 g/mol. The van der Waals surface area contributed by atoms with Gasteiger partial charge in [-0.25, -0.2) is 9.97 Å². The van der Waals surface area contributed by atoms with Gasteiger partial charge in [-0.05, 0) is 26.0 Å². The summed E-state index contributed by atoms with van der Waals surface area (Å²) >= 11 is 0. The van der Waals surface area contributed by atoms with E-state index >= 15 is 0 Å². The van der Waals surface area contributed by atoms with Crippen molar-refractivity contribution in [2.24, 2.45) is 0 Å². The van der Waals surface area contributed by atoms with E-state index in [0.717, 1.165) is 23.7 Å². The topological polar surface area (TPSA) is 51.0 Å². The molecule has 78 valence electrons. The molecule has 0 atom stereocenters. The zero-order chi connectivity index (χ0) is 10.7. The number of furan rings is 1. The smallest absolute Gasteiger partial charge is 0.165 e. The lowest BCUT2D eigenvalue weighted by atomic mass is 10.2. The monoisotopic (exact) mass is 203 g/mol. The van der Waals surface area contributed by atoms with Crippen molar-refractivity contribution in [2.45, 2.75) is 13.8 Å². The van der Waals surface area contributed by atoms with E-state index in [1.54, 1.807) is 12.5 Å². The van der Waals surface area contributed by atoms with Crippen molar-refractivity contribution >= 4 is 5.82 Å². The molecule has 15 heavy (non-hydrogen) atoms. The highest BCUT2D eigenvalue weighted by molar-refractivity contribution is 5.58. The van der Waals surface area contributed by atoms with Crippen molar-refractivity contribution in [3.63, 3.8) is 0 Å². The Morgan fingerprint density at radius 1 is 1.40 bits per heavy atom. The average molecular weight is 203 g/mol. The van der Waals surface area contributed by atoms with Crippen LogP contribution in [0, 0.1) is 6.92 Å². The van der Waals surface area contributed by atoms with E-state index in [2.05, 4.69) is 15.3 Å². The minimum atomic E-state index is 0.694. The molecule has 0 aromatic carbocycles. The maximum Gasteiger partial charge on any atom is 0.165 e. The summed E-state index contributed by atoms with van der Waals surface area (Å²) in [6, 6.07) is 3.73. The Labute approximate surface area is 88.4 Å². The van der Waals surface area contributed by atoms with Crippen LogP contribution in [0.3, 0.4) is 0 Å². The van der Waals surface area contributed by atoms with Crippen LogP contribution in [0.25, 0.3) is 11.4 Å². The fourth-order valence-corrected chi connectivity index (χ4v) is 1.38. The van der Waals surface area contributed by atoms with E-state index in [-0.39, 0.29) is 0 Å². The molecule has 0 aliphatic heterocycles. The molecule has 0 saturated heterocycles. The fourth-order valence-electron chi connectivity index (χ4n) is 1.38. The van der Waals surface area contributed by atoms with Crippen molar-refractivity contribution in [2.75, 3.05) is 11.9 Å². The zero-order valence-electron chi connectivity index (χ0n) is 8.82. The van der Waals surface area contributed by atoms with Crippen LogP contribution in [0.15, 0.2) is 29.0 Å². The summed E-state index contributed by atoms with van der Waals surface area (Å²) < 4.78 is 5.22. The number of nitrogens with one attached hydrogen (secondary N) is 1. The van der Waals surface area contributed by atoms with Crippen LogP contribution in [0.4, 0.5) is 5.82 Å². The molecule has 2 aromatic heterocycles. The van der Waals surface area contributed by atoms with Crippen molar-refractivity contribution in [1.29, 1.82) is 0 Å². The summed E-state index contributed by atoms with van der Waals surface area (Å²) in [5.41, 5.74) is 0.940. The van der Waals surface area contributed by atoms with Crippen LogP contribution in [-0.4, -0.2) is 16.5 Å². The van der Waals surface area contributed by atoms with Crippen molar-refractivity contribution in [3.8, 4) is 11.4 Å². The lowest BCUT2D eigenvalue weighted by Crippen LogP contribution is -2.00. The third-order valence-corrected chi connectivity index (χ3v) is 2.11. The largest absolute Gasteiger partial charge is 0.469 e. The molecule has 0 bridgehead atoms. The van der Waals surface area contributed by atoms with E-state index in [9.17, 15) is 0 Å². The van der Waals surface area contributed by atoms with Crippen LogP contribution >= 0.6 is 0 Å². The molecule has 2 rings (SSSR count). The number of aromatic nitrogens is 2. The molecule has 0 saturated carbocycles. The van der Waals surface area contributed by atoms with Gasteiger partial charge in [0.1, 0.15) is 11.6 Å². The molecule has 4 heteroatoms. The average Bonchev–Trinajstić information content (AvgIpc) is 2.65. The third-order valence-electron chi connectivity index (χ3n) is 2.11. The van der Waals surface area contributed by atoms with Gasteiger partial charge in [-0.1, -0.05) is 0 Å². The van der Waals surface area contributed by atoms with Crippen LogP contribution in [0.1, 0.15) is 12.7 Å². The Morgan fingerprint density at radius 2 is 2.27 bits per heavy atom. The summed E-state index contributed by atoms with van der Waals surface area (Å²) in [6.45, 7) is 4.78.